The van der Waals surface area contributed by atoms with E-state index in [2.05, 4.69) is 15.7 Å². The number of carbonyl (C=O) groups excluding carboxylic acids is 2. The number of rotatable bonds is 8. The fraction of sp³-hybridized carbons (Fsp3) is 0.364. The maximum absolute atomic E-state index is 13.1. The van der Waals surface area contributed by atoms with Crippen molar-refractivity contribution in [3.05, 3.63) is 56.6 Å². The predicted octanol–water partition coefficient (Wildman–Crippen LogP) is 2.60. The molecule has 3 aromatic rings. The molecule has 0 saturated heterocycles. The third kappa shape index (κ3) is 5.20. The zero-order chi connectivity index (χ0) is 23.4. The first kappa shape index (κ1) is 22.9. The molecule has 2 N–H and O–H groups in total. The van der Waals surface area contributed by atoms with Crippen LogP contribution in [0.25, 0.3) is 11.5 Å². The summed E-state index contributed by atoms with van der Waals surface area (Å²) in [5, 5.41) is 10.1. The SMILES string of the molecule is COCCNC(=O)c1c(NC(=O)Cn2nc(-c3ccc(F)cc3)oc2=O)sc2c1CCCC2. The van der Waals surface area contributed by atoms with Crippen molar-refractivity contribution in [2.75, 3.05) is 25.6 Å². The molecule has 2 heterocycles. The second kappa shape index (κ2) is 10.1. The van der Waals surface area contributed by atoms with Crippen molar-refractivity contribution in [1.29, 1.82) is 0 Å². The average Bonchev–Trinajstić information content (AvgIpc) is 3.34. The molecule has 2 amide bonds. The normalized spacial score (nSPS) is 12.9. The molecule has 11 heteroatoms. The van der Waals surface area contributed by atoms with E-state index in [1.54, 1.807) is 7.11 Å². The molecule has 1 aliphatic rings. The molecule has 2 aromatic heterocycles. The van der Waals surface area contributed by atoms with E-state index in [-0.39, 0.29) is 11.8 Å². The van der Waals surface area contributed by atoms with Gasteiger partial charge in [-0.1, -0.05) is 0 Å². The number of anilines is 1. The minimum Gasteiger partial charge on any atom is -0.388 e. The van der Waals surface area contributed by atoms with E-state index in [1.165, 1.54) is 35.6 Å². The Hall–Kier alpha value is -3.31. The second-order valence-electron chi connectivity index (χ2n) is 7.55. The van der Waals surface area contributed by atoms with Crippen LogP contribution >= 0.6 is 11.3 Å². The lowest BCUT2D eigenvalue weighted by molar-refractivity contribution is -0.117. The largest absolute Gasteiger partial charge is 0.437 e. The number of thiophene rings is 1. The lowest BCUT2D eigenvalue weighted by Gasteiger charge is -2.13. The van der Waals surface area contributed by atoms with E-state index in [9.17, 15) is 18.8 Å². The molecule has 33 heavy (non-hydrogen) atoms. The van der Waals surface area contributed by atoms with E-state index in [1.807, 2.05) is 0 Å². The molecule has 4 rings (SSSR count). The van der Waals surface area contributed by atoms with Gasteiger partial charge in [-0.25, -0.2) is 9.18 Å². The smallest absolute Gasteiger partial charge is 0.388 e. The summed E-state index contributed by atoms with van der Waals surface area (Å²) in [7, 11) is 1.55. The van der Waals surface area contributed by atoms with Gasteiger partial charge >= 0.3 is 5.76 Å². The molecule has 0 radical (unpaired) electrons. The summed E-state index contributed by atoms with van der Waals surface area (Å²) < 4.78 is 24.1. The molecular weight excluding hydrogens is 451 g/mol. The Morgan fingerprint density at radius 3 is 2.76 bits per heavy atom. The molecule has 0 bridgehead atoms. The van der Waals surface area contributed by atoms with Crippen LogP contribution in [0, 0.1) is 5.82 Å². The molecule has 9 nitrogen and oxygen atoms in total. The highest BCUT2D eigenvalue weighted by atomic mass is 32.1. The van der Waals surface area contributed by atoms with Crippen molar-refractivity contribution in [3.63, 3.8) is 0 Å². The number of hydrogen-bond acceptors (Lipinski definition) is 7. The van der Waals surface area contributed by atoms with Gasteiger partial charge in [0.05, 0.1) is 12.2 Å². The third-order valence-corrected chi connectivity index (χ3v) is 6.44. The van der Waals surface area contributed by atoms with E-state index in [4.69, 9.17) is 9.15 Å². The van der Waals surface area contributed by atoms with E-state index < -0.39 is 24.0 Å². The van der Waals surface area contributed by atoms with Crippen LogP contribution in [-0.4, -0.2) is 41.9 Å². The van der Waals surface area contributed by atoms with Crippen molar-refractivity contribution in [3.8, 4) is 11.5 Å². The number of ether oxygens (including phenoxy) is 1. The summed E-state index contributed by atoms with van der Waals surface area (Å²) in [6, 6.07) is 5.29. The summed E-state index contributed by atoms with van der Waals surface area (Å²) in [6.45, 7) is 0.343. The molecule has 174 valence electrons. The Morgan fingerprint density at radius 2 is 2.00 bits per heavy atom. The molecule has 0 unspecified atom stereocenters. The number of carbonyl (C=O) groups is 2. The van der Waals surface area contributed by atoms with Crippen molar-refractivity contribution >= 4 is 28.2 Å². The standard InChI is InChI=1S/C22H23FN4O5S/c1-31-11-10-24-19(29)18-15-4-2-3-5-16(15)33-21(18)25-17(28)12-27-22(30)32-20(26-27)13-6-8-14(23)9-7-13/h6-9H,2-5,10-12H2,1H3,(H,24,29)(H,25,28). The minimum atomic E-state index is -0.813. The molecule has 0 spiro atoms. The Labute approximate surface area is 192 Å². The molecule has 1 aliphatic carbocycles. The van der Waals surface area contributed by atoms with Gasteiger partial charge in [-0.05, 0) is 55.5 Å². The minimum absolute atomic E-state index is 0.0161. The molecule has 0 atom stereocenters. The number of nitrogens with one attached hydrogen (secondary N) is 2. The van der Waals surface area contributed by atoms with Gasteiger partial charge in [0, 0.05) is 24.1 Å². The van der Waals surface area contributed by atoms with Crippen LogP contribution in [0.4, 0.5) is 9.39 Å². The maximum atomic E-state index is 13.1. The topological polar surface area (TPSA) is 115 Å². The predicted molar refractivity (Wildman–Crippen MR) is 120 cm³/mol. The molecule has 0 aliphatic heterocycles. The van der Waals surface area contributed by atoms with Gasteiger partial charge in [0.1, 0.15) is 17.4 Å². The summed E-state index contributed by atoms with van der Waals surface area (Å²) >= 11 is 1.39. The number of hydrogen-bond donors (Lipinski definition) is 2. The molecule has 0 fully saturated rings. The fourth-order valence-electron chi connectivity index (χ4n) is 3.67. The summed E-state index contributed by atoms with van der Waals surface area (Å²) in [4.78, 5) is 38.8. The van der Waals surface area contributed by atoms with Crippen LogP contribution in [-0.2, 0) is 28.9 Å². The number of amides is 2. The number of aryl methyl sites for hydroxylation is 1. The van der Waals surface area contributed by atoms with Gasteiger partial charge < -0.3 is 19.8 Å². The second-order valence-corrected chi connectivity index (χ2v) is 8.65. The average molecular weight is 475 g/mol. The van der Waals surface area contributed by atoms with Gasteiger partial charge in [-0.15, -0.1) is 16.4 Å². The zero-order valence-corrected chi connectivity index (χ0v) is 18.8. The monoisotopic (exact) mass is 474 g/mol. The number of halogens is 1. The van der Waals surface area contributed by atoms with Crippen LogP contribution in [0.5, 0.6) is 0 Å². The number of fused-ring (bicyclic) bond motifs is 1. The molecular formula is C22H23FN4O5S. The molecule has 1 aromatic carbocycles. The highest BCUT2D eigenvalue weighted by Crippen LogP contribution is 2.38. The highest BCUT2D eigenvalue weighted by Gasteiger charge is 2.26. The lowest BCUT2D eigenvalue weighted by atomic mass is 9.95. The van der Waals surface area contributed by atoms with Gasteiger partial charge in [0.25, 0.3) is 5.91 Å². The van der Waals surface area contributed by atoms with E-state index >= 15 is 0 Å². The quantitative estimate of drug-likeness (QED) is 0.485. The van der Waals surface area contributed by atoms with E-state index in [0.717, 1.165) is 40.8 Å². The van der Waals surface area contributed by atoms with Crippen molar-refractivity contribution in [1.82, 2.24) is 15.1 Å². The number of aromatic nitrogens is 2. The number of methoxy groups -OCH3 is 1. The lowest BCUT2D eigenvalue weighted by Crippen LogP contribution is -2.30. The van der Waals surface area contributed by atoms with Crippen LogP contribution in [0.2, 0.25) is 0 Å². The van der Waals surface area contributed by atoms with Crippen LogP contribution < -0.4 is 16.4 Å². The third-order valence-electron chi connectivity index (χ3n) is 5.23. The maximum Gasteiger partial charge on any atom is 0.437 e. The van der Waals surface area contributed by atoms with Crippen LogP contribution in [0.3, 0.4) is 0 Å². The van der Waals surface area contributed by atoms with E-state index in [0.29, 0.717) is 29.3 Å². The molecule has 0 saturated carbocycles. The Morgan fingerprint density at radius 1 is 1.24 bits per heavy atom. The van der Waals surface area contributed by atoms with Gasteiger partial charge in [0.2, 0.25) is 11.8 Å². The summed E-state index contributed by atoms with van der Waals surface area (Å²) in [5.41, 5.74) is 1.85. The first-order valence-electron chi connectivity index (χ1n) is 10.5. The fourth-order valence-corrected chi connectivity index (χ4v) is 4.97. The van der Waals surface area contributed by atoms with Crippen LogP contribution in [0.15, 0.2) is 33.5 Å². The van der Waals surface area contributed by atoms with Gasteiger partial charge in [-0.3, -0.25) is 9.59 Å². The van der Waals surface area contributed by atoms with Crippen molar-refractivity contribution in [2.45, 2.75) is 32.2 Å². The van der Waals surface area contributed by atoms with Crippen LogP contribution in [0.1, 0.15) is 33.6 Å². The zero-order valence-electron chi connectivity index (χ0n) is 18.0. The number of nitrogens with zero attached hydrogens (tertiary/aromatic N) is 2. The first-order valence-corrected chi connectivity index (χ1v) is 11.3. The summed E-state index contributed by atoms with van der Waals surface area (Å²) in [6.07, 6.45) is 3.65. The Bertz CT molecular complexity index is 1210. The Balaban J connectivity index is 1.52. The summed E-state index contributed by atoms with van der Waals surface area (Å²) in [5.74, 6) is -2.04. The highest BCUT2D eigenvalue weighted by molar-refractivity contribution is 7.17. The van der Waals surface area contributed by atoms with Crippen molar-refractivity contribution < 1.29 is 23.1 Å². The van der Waals surface area contributed by atoms with Gasteiger partial charge in [0.15, 0.2) is 0 Å². The number of benzene rings is 1. The van der Waals surface area contributed by atoms with Crippen molar-refractivity contribution in [2.24, 2.45) is 0 Å². The first-order chi connectivity index (χ1) is 16.0. The van der Waals surface area contributed by atoms with Gasteiger partial charge in [-0.2, -0.15) is 4.68 Å². The Kier molecular flexibility index (Phi) is 6.99.